The number of aromatic nitrogens is 2. The van der Waals surface area contributed by atoms with Crippen molar-refractivity contribution in [2.75, 3.05) is 37.7 Å². The fourth-order valence-corrected chi connectivity index (χ4v) is 4.60. The van der Waals surface area contributed by atoms with Crippen LogP contribution in [-0.4, -0.2) is 59.0 Å². The number of thioether (sulfide) groups is 1. The van der Waals surface area contributed by atoms with E-state index in [0.717, 1.165) is 13.1 Å². The molecule has 2 unspecified atom stereocenters. The molecule has 2 atom stereocenters. The number of benzene rings is 2. The quantitative estimate of drug-likeness (QED) is 0.545. The van der Waals surface area contributed by atoms with E-state index in [1.807, 2.05) is 54.3 Å². The van der Waals surface area contributed by atoms with Gasteiger partial charge in [0.15, 0.2) is 11.5 Å². The number of piperazine rings is 1. The minimum absolute atomic E-state index is 0.0774. The van der Waals surface area contributed by atoms with Gasteiger partial charge in [-0.2, -0.15) is 0 Å². The van der Waals surface area contributed by atoms with Crippen molar-refractivity contribution < 1.29 is 18.7 Å². The van der Waals surface area contributed by atoms with Crippen molar-refractivity contribution in [2.24, 2.45) is 0 Å². The third kappa shape index (κ3) is 4.38. The monoisotopic (exact) mass is 452 g/mol. The molecule has 8 nitrogen and oxygen atoms in total. The van der Waals surface area contributed by atoms with Crippen molar-refractivity contribution in [2.45, 2.75) is 23.5 Å². The number of carbonyl (C=O) groups is 1. The Morgan fingerprint density at radius 2 is 1.72 bits per heavy atom. The Labute approximate surface area is 190 Å². The Hall–Kier alpha value is -3.20. The number of para-hydroxylation sites is 3. The molecule has 2 aliphatic heterocycles. The summed E-state index contributed by atoms with van der Waals surface area (Å²) in [6, 6.07) is 17.7. The fourth-order valence-electron chi connectivity index (χ4n) is 3.82. The summed E-state index contributed by atoms with van der Waals surface area (Å²) in [5, 5.41) is 8.24. The lowest BCUT2D eigenvalue weighted by atomic mass is 10.2. The third-order valence-electron chi connectivity index (χ3n) is 5.54. The zero-order valence-electron chi connectivity index (χ0n) is 17.7. The highest BCUT2D eigenvalue weighted by Gasteiger charge is 2.30. The zero-order valence-corrected chi connectivity index (χ0v) is 18.5. The summed E-state index contributed by atoms with van der Waals surface area (Å²) in [7, 11) is 0. The van der Waals surface area contributed by atoms with Crippen molar-refractivity contribution in [1.82, 2.24) is 15.1 Å². The maximum Gasteiger partial charge on any atom is 0.277 e. The predicted octanol–water partition coefficient (Wildman–Crippen LogP) is 3.41. The smallest absolute Gasteiger partial charge is 0.277 e. The first kappa shape index (κ1) is 20.7. The molecule has 0 saturated carbocycles. The molecule has 32 heavy (non-hydrogen) atoms. The fraction of sp³-hybridized carbons (Fsp3) is 0.348. The second kappa shape index (κ2) is 9.12. The van der Waals surface area contributed by atoms with Gasteiger partial charge >= 0.3 is 0 Å². The summed E-state index contributed by atoms with van der Waals surface area (Å²) >= 11 is 1.27. The van der Waals surface area contributed by atoms with Crippen LogP contribution in [0.2, 0.25) is 0 Å². The summed E-state index contributed by atoms with van der Waals surface area (Å²) in [4.78, 5) is 17.2. The molecule has 166 valence electrons. The number of hydrogen-bond donors (Lipinski definition) is 0. The molecule has 0 N–H and O–H groups in total. The first-order valence-electron chi connectivity index (χ1n) is 10.6. The van der Waals surface area contributed by atoms with E-state index in [4.69, 9.17) is 13.9 Å². The molecular formula is C23H24N4O4S. The SMILES string of the molecule is CC(Sc1nnc(C2COc3ccccc3O2)o1)C(=O)N1CCN(c2ccccc2)CC1. The van der Waals surface area contributed by atoms with Gasteiger partial charge in [-0.25, -0.2) is 0 Å². The number of fused-ring (bicyclic) bond motifs is 1. The van der Waals surface area contributed by atoms with Gasteiger partial charge in [-0.3, -0.25) is 4.79 Å². The molecule has 1 aromatic heterocycles. The molecule has 3 aromatic rings. The number of hydrogen-bond acceptors (Lipinski definition) is 8. The lowest BCUT2D eigenvalue weighted by Gasteiger charge is -2.37. The average Bonchev–Trinajstić information content (AvgIpc) is 3.32. The van der Waals surface area contributed by atoms with Crippen molar-refractivity contribution in [3.63, 3.8) is 0 Å². The van der Waals surface area contributed by atoms with Crippen LogP contribution in [0.25, 0.3) is 0 Å². The maximum absolute atomic E-state index is 12.9. The van der Waals surface area contributed by atoms with Gasteiger partial charge < -0.3 is 23.7 Å². The number of rotatable bonds is 5. The van der Waals surface area contributed by atoms with Crippen LogP contribution in [0.1, 0.15) is 18.9 Å². The molecule has 1 saturated heterocycles. The molecule has 2 aromatic carbocycles. The minimum Gasteiger partial charge on any atom is -0.485 e. The molecular weight excluding hydrogens is 428 g/mol. The van der Waals surface area contributed by atoms with Crippen LogP contribution in [-0.2, 0) is 4.79 Å². The molecule has 5 rings (SSSR count). The van der Waals surface area contributed by atoms with Gasteiger partial charge in [-0.1, -0.05) is 42.1 Å². The number of anilines is 1. The molecule has 3 heterocycles. The lowest BCUT2D eigenvalue weighted by molar-refractivity contribution is -0.130. The van der Waals surface area contributed by atoms with E-state index < -0.39 is 6.10 Å². The summed E-state index contributed by atoms with van der Waals surface area (Å²) in [5.74, 6) is 1.77. The van der Waals surface area contributed by atoms with Crippen LogP contribution in [0.4, 0.5) is 5.69 Å². The van der Waals surface area contributed by atoms with Crippen molar-refractivity contribution >= 4 is 23.4 Å². The zero-order chi connectivity index (χ0) is 21.9. The second-order valence-electron chi connectivity index (χ2n) is 7.68. The van der Waals surface area contributed by atoms with E-state index in [-0.39, 0.29) is 11.2 Å². The van der Waals surface area contributed by atoms with Crippen molar-refractivity contribution in [3.8, 4) is 11.5 Å². The topological polar surface area (TPSA) is 80.9 Å². The molecule has 1 amide bonds. The van der Waals surface area contributed by atoms with E-state index in [1.165, 1.54) is 17.4 Å². The highest BCUT2D eigenvalue weighted by atomic mass is 32.2. The highest BCUT2D eigenvalue weighted by Crippen LogP contribution is 2.36. The number of amides is 1. The van der Waals surface area contributed by atoms with E-state index in [1.54, 1.807) is 0 Å². The average molecular weight is 453 g/mol. The highest BCUT2D eigenvalue weighted by molar-refractivity contribution is 8.00. The maximum atomic E-state index is 12.9. The van der Waals surface area contributed by atoms with Gasteiger partial charge in [0.2, 0.25) is 12.0 Å². The second-order valence-corrected chi connectivity index (χ2v) is 8.97. The van der Waals surface area contributed by atoms with E-state index in [9.17, 15) is 4.79 Å². The summed E-state index contributed by atoms with van der Waals surface area (Å²) in [6.45, 7) is 5.19. The normalized spacial score (nSPS) is 19.0. The van der Waals surface area contributed by atoms with Crippen molar-refractivity contribution in [3.05, 3.63) is 60.5 Å². The Balaban J connectivity index is 1.15. The molecule has 1 fully saturated rings. The molecule has 0 bridgehead atoms. The van der Waals surface area contributed by atoms with Crippen LogP contribution in [0, 0.1) is 0 Å². The summed E-state index contributed by atoms with van der Waals surface area (Å²) in [5.41, 5.74) is 1.19. The Morgan fingerprint density at radius 1 is 1.00 bits per heavy atom. The largest absolute Gasteiger partial charge is 0.485 e. The Morgan fingerprint density at radius 3 is 2.50 bits per heavy atom. The van der Waals surface area contributed by atoms with E-state index in [0.29, 0.717) is 42.3 Å². The van der Waals surface area contributed by atoms with Gasteiger partial charge in [0, 0.05) is 31.9 Å². The van der Waals surface area contributed by atoms with Crippen LogP contribution < -0.4 is 14.4 Å². The van der Waals surface area contributed by atoms with Crippen LogP contribution in [0.5, 0.6) is 11.5 Å². The number of ether oxygens (including phenoxy) is 2. The number of carbonyl (C=O) groups excluding carboxylic acids is 1. The van der Waals surface area contributed by atoms with Gasteiger partial charge in [0.05, 0.1) is 5.25 Å². The summed E-state index contributed by atoms with van der Waals surface area (Å²) < 4.78 is 17.4. The van der Waals surface area contributed by atoms with Crippen molar-refractivity contribution in [1.29, 1.82) is 0 Å². The first-order valence-corrected chi connectivity index (χ1v) is 11.5. The number of nitrogens with zero attached hydrogens (tertiary/aromatic N) is 4. The minimum atomic E-state index is -0.469. The van der Waals surface area contributed by atoms with Gasteiger partial charge in [-0.05, 0) is 31.2 Å². The van der Waals surface area contributed by atoms with Crippen LogP contribution >= 0.6 is 11.8 Å². The Kier molecular flexibility index (Phi) is 5.89. The Bertz CT molecular complexity index is 1070. The van der Waals surface area contributed by atoms with Crippen LogP contribution in [0.3, 0.4) is 0 Å². The van der Waals surface area contributed by atoms with Gasteiger partial charge in [-0.15, -0.1) is 10.2 Å². The first-order chi connectivity index (χ1) is 15.7. The molecule has 0 radical (unpaired) electrons. The lowest BCUT2D eigenvalue weighted by Crippen LogP contribution is -2.50. The molecule has 2 aliphatic rings. The van der Waals surface area contributed by atoms with E-state index >= 15 is 0 Å². The predicted molar refractivity (Wildman–Crippen MR) is 120 cm³/mol. The summed E-state index contributed by atoms with van der Waals surface area (Å²) in [6.07, 6.45) is -0.469. The third-order valence-corrected chi connectivity index (χ3v) is 6.47. The molecule has 0 aliphatic carbocycles. The van der Waals surface area contributed by atoms with E-state index in [2.05, 4.69) is 27.2 Å². The van der Waals surface area contributed by atoms with Gasteiger partial charge in [0.1, 0.15) is 6.61 Å². The standard InChI is InChI=1S/C23H24N4O4S/c1-16(22(28)27-13-11-26(12-14-27)17-7-3-2-4-8-17)32-23-25-24-21(31-23)20-15-29-18-9-5-6-10-19(18)30-20/h2-10,16,20H,11-15H2,1H3. The molecule has 9 heteroatoms. The molecule has 0 spiro atoms. The van der Waals surface area contributed by atoms with Crippen LogP contribution in [0.15, 0.2) is 64.2 Å². The van der Waals surface area contributed by atoms with Gasteiger partial charge in [0.25, 0.3) is 11.1 Å².